The Morgan fingerprint density at radius 3 is 2.13 bits per heavy atom. The third kappa shape index (κ3) is 8.87. The largest absolute Gasteiger partial charge is 0.352 e. The normalized spacial score (nSPS) is 12.7. The Balaban J connectivity index is 1.82. The summed E-state index contributed by atoms with van der Waals surface area (Å²) in [5.74, 6) is -1.60. The summed E-state index contributed by atoms with van der Waals surface area (Å²) in [7, 11) is -4.30. The van der Waals surface area contributed by atoms with E-state index < -0.39 is 34.3 Å². The number of sulfonamides is 1. The molecule has 0 saturated carbocycles. The number of amides is 2. The molecule has 4 aromatic rings. The summed E-state index contributed by atoms with van der Waals surface area (Å²) in [4.78, 5) is 29.7. The highest BCUT2D eigenvalue weighted by Gasteiger charge is 2.35. The molecular formula is C35H36Cl2FN3O4S. The molecule has 4 aromatic carbocycles. The summed E-state index contributed by atoms with van der Waals surface area (Å²) in [6, 6.07) is 24.0. The van der Waals surface area contributed by atoms with Crippen LogP contribution in [0.25, 0.3) is 0 Å². The third-order valence-electron chi connectivity index (χ3n) is 7.61. The van der Waals surface area contributed by atoms with Crippen LogP contribution in [0.1, 0.15) is 37.0 Å². The molecule has 0 aliphatic heterocycles. The summed E-state index contributed by atoms with van der Waals surface area (Å²) >= 11 is 12.5. The van der Waals surface area contributed by atoms with Crippen LogP contribution in [0.2, 0.25) is 10.0 Å². The fourth-order valence-corrected chi connectivity index (χ4v) is 6.54. The molecule has 0 aromatic heterocycles. The van der Waals surface area contributed by atoms with Crippen molar-refractivity contribution in [3.8, 4) is 0 Å². The number of carbonyl (C=O) groups is 2. The molecule has 0 saturated heterocycles. The van der Waals surface area contributed by atoms with Gasteiger partial charge in [-0.3, -0.25) is 13.9 Å². The first kappa shape index (κ1) is 34.9. The highest BCUT2D eigenvalue weighted by molar-refractivity contribution is 7.92. The molecule has 11 heteroatoms. The molecule has 0 spiro atoms. The molecule has 2 atom stereocenters. The van der Waals surface area contributed by atoms with Crippen molar-refractivity contribution in [2.24, 2.45) is 0 Å². The molecule has 0 fully saturated rings. The fraction of sp³-hybridized carbons (Fsp3) is 0.257. The van der Waals surface area contributed by atoms with Crippen molar-refractivity contribution >= 4 is 50.7 Å². The number of aryl methyl sites for hydroxylation is 1. The summed E-state index contributed by atoms with van der Waals surface area (Å²) in [5.41, 5.74) is 2.34. The number of hydrogen-bond acceptors (Lipinski definition) is 4. The van der Waals surface area contributed by atoms with Gasteiger partial charge in [-0.05, 0) is 79.9 Å². The Kier molecular flexibility index (Phi) is 11.8. The van der Waals surface area contributed by atoms with E-state index in [4.69, 9.17) is 23.2 Å². The predicted molar refractivity (Wildman–Crippen MR) is 181 cm³/mol. The molecule has 0 aliphatic carbocycles. The lowest BCUT2D eigenvalue weighted by Gasteiger charge is -2.34. The van der Waals surface area contributed by atoms with Crippen LogP contribution in [-0.4, -0.2) is 43.8 Å². The van der Waals surface area contributed by atoms with Gasteiger partial charge in [0, 0.05) is 19.0 Å². The lowest BCUT2D eigenvalue weighted by molar-refractivity contribution is -0.140. The number of halogens is 3. The van der Waals surface area contributed by atoms with Crippen LogP contribution in [0.4, 0.5) is 10.1 Å². The average molecular weight is 685 g/mol. The molecule has 0 radical (unpaired) electrons. The average Bonchev–Trinajstić information content (AvgIpc) is 3.04. The fourth-order valence-electron chi connectivity index (χ4n) is 4.80. The lowest BCUT2D eigenvalue weighted by atomic mass is 10.0. The molecule has 0 aliphatic rings. The van der Waals surface area contributed by atoms with Gasteiger partial charge >= 0.3 is 0 Å². The molecule has 0 unspecified atom stereocenters. The second kappa shape index (κ2) is 15.6. The van der Waals surface area contributed by atoms with E-state index in [0.717, 1.165) is 27.6 Å². The number of benzene rings is 4. The summed E-state index contributed by atoms with van der Waals surface area (Å²) in [5, 5.41) is 3.58. The second-order valence-electron chi connectivity index (χ2n) is 11.1. The van der Waals surface area contributed by atoms with E-state index >= 15 is 0 Å². The molecule has 46 heavy (non-hydrogen) atoms. The molecule has 1 N–H and O–H groups in total. The standard InChI is InChI=1S/C35H36Cl2FN3O4S/c1-4-25(3)39-35(43)33(21-26-8-6-5-7-9-26)40(22-27-12-19-31(36)32(37)20-27)34(42)23-41(29-15-13-28(38)14-16-29)46(44,45)30-17-10-24(2)11-18-30/h5-20,25,33H,4,21-23H2,1-3H3,(H,39,43)/t25-,33-/m1/s1. The summed E-state index contributed by atoms with van der Waals surface area (Å²) in [6.45, 7) is 4.91. The number of carbonyl (C=O) groups excluding carboxylic acids is 2. The smallest absolute Gasteiger partial charge is 0.264 e. The van der Waals surface area contributed by atoms with Crippen molar-refractivity contribution in [2.45, 2.75) is 57.1 Å². The van der Waals surface area contributed by atoms with Gasteiger partial charge in [-0.2, -0.15) is 0 Å². The van der Waals surface area contributed by atoms with Crippen LogP contribution in [0, 0.1) is 12.7 Å². The van der Waals surface area contributed by atoms with Crippen LogP contribution in [0.15, 0.2) is 102 Å². The maximum atomic E-state index is 14.5. The second-order valence-corrected chi connectivity index (χ2v) is 13.8. The van der Waals surface area contributed by atoms with Crippen molar-refractivity contribution in [1.29, 1.82) is 0 Å². The van der Waals surface area contributed by atoms with Gasteiger partial charge in [0.25, 0.3) is 10.0 Å². The quantitative estimate of drug-likeness (QED) is 0.162. The van der Waals surface area contributed by atoms with Gasteiger partial charge in [-0.25, -0.2) is 12.8 Å². The van der Waals surface area contributed by atoms with Crippen molar-refractivity contribution in [3.63, 3.8) is 0 Å². The number of nitrogens with one attached hydrogen (secondary N) is 1. The third-order valence-corrected chi connectivity index (χ3v) is 10.1. The maximum Gasteiger partial charge on any atom is 0.264 e. The Morgan fingerprint density at radius 2 is 1.52 bits per heavy atom. The lowest BCUT2D eigenvalue weighted by Crippen LogP contribution is -2.54. The molecule has 2 amide bonds. The van der Waals surface area contributed by atoms with Crippen molar-refractivity contribution in [2.75, 3.05) is 10.8 Å². The SMILES string of the molecule is CC[C@@H](C)NC(=O)[C@@H](Cc1ccccc1)N(Cc1ccc(Cl)c(Cl)c1)C(=O)CN(c1ccc(F)cc1)S(=O)(=O)c1ccc(C)cc1. The summed E-state index contributed by atoms with van der Waals surface area (Å²) in [6.07, 6.45) is 0.828. The minimum Gasteiger partial charge on any atom is -0.352 e. The zero-order chi connectivity index (χ0) is 33.4. The number of nitrogens with zero attached hydrogens (tertiary/aromatic N) is 2. The van der Waals surface area contributed by atoms with Gasteiger partial charge in [0.05, 0.1) is 20.6 Å². The van der Waals surface area contributed by atoms with Gasteiger partial charge < -0.3 is 10.2 Å². The molecule has 242 valence electrons. The molecule has 0 bridgehead atoms. The molecular weight excluding hydrogens is 648 g/mol. The summed E-state index contributed by atoms with van der Waals surface area (Å²) < 4.78 is 43.0. The van der Waals surface area contributed by atoms with E-state index in [2.05, 4.69) is 5.32 Å². The van der Waals surface area contributed by atoms with Crippen molar-refractivity contribution in [3.05, 3.63) is 130 Å². The van der Waals surface area contributed by atoms with Crippen LogP contribution in [-0.2, 0) is 32.6 Å². The van der Waals surface area contributed by atoms with Crippen LogP contribution in [0.5, 0.6) is 0 Å². The van der Waals surface area contributed by atoms with Crippen molar-refractivity contribution < 1.29 is 22.4 Å². The van der Waals surface area contributed by atoms with Gasteiger partial charge in [0.1, 0.15) is 18.4 Å². The first-order valence-electron chi connectivity index (χ1n) is 14.8. The first-order valence-corrected chi connectivity index (χ1v) is 17.0. The monoisotopic (exact) mass is 683 g/mol. The zero-order valence-corrected chi connectivity index (χ0v) is 28.1. The van der Waals surface area contributed by atoms with E-state index in [1.165, 1.54) is 29.2 Å². The van der Waals surface area contributed by atoms with Gasteiger partial charge in [-0.15, -0.1) is 0 Å². The van der Waals surface area contributed by atoms with Gasteiger partial charge in [0.15, 0.2) is 0 Å². The Labute approximate surface area is 280 Å². The highest BCUT2D eigenvalue weighted by atomic mass is 35.5. The predicted octanol–water partition coefficient (Wildman–Crippen LogP) is 7.19. The number of rotatable bonds is 13. The van der Waals surface area contributed by atoms with E-state index in [0.29, 0.717) is 17.0 Å². The first-order chi connectivity index (χ1) is 21.9. The Hall–Kier alpha value is -3.92. The minimum atomic E-state index is -4.30. The highest BCUT2D eigenvalue weighted by Crippen LogP contribution is 2.27. The Morgan fingerprint density at radius 1 is 0.870 bits per heavy atom. The Bertz CT molecular complexity index is 1760. The van der Waals surface area contributed by atoms with E-state index in [9.17, 15) is 22.4 Å². The number of anilines is 1. The van der Waals surface area contributed by atoms with E-state index in [1.807, 2.05) is 51.1 Å². The van der Waals surface area contributed by atoms with E-state index in [-0.39, 0.29) is 40.5 Å². The van der Waals surface area contributed by atoms with Crippen LogP contribution in [0.3, 0.4) is 0 Å². The molecule has 0 heterocycles. The maximum absolute atomic E-state index is 14.5. The molecule has 7 nitrogen and oxygen atoms in total. The van der Waals surface area contributed by atoms with Crippen LogP contribution < -0.4 is 9.62 Å². The zero-order valence-electron chi connectivity index (χ0n) is 25.8. The van der Waals surface area contributed by atoms with Gasteiger partial charge in [0.2, 0.25) is 11.8 Å². The van der Waals surface area contributed by atoms with Crippen molar-refractivity contribution in [1.82, 2.24) is 10.2 Å². The topological polar surface area (TPSA) is 86.8 Å². The van der Waals surface area contributed by atoms with Gasteiger partial charge in [-0.1, -0.05) is 84.2 Å². The number of hydrogen-bond donors (Lipinski definition) is 1. The minimum absolute atomic E-state index is 0.0402. The van der Waals surface area contributed by atoms with E-state index in [1.54, 1.807) is 30.3 Å². The molecule has 4 rings (SSSR count). The van der Waals surface area contributed by atoms with Crippen LogP contribution >= 0.6 is 23.2 Å².